The quantitative estimate of drug-likeness (QED) is 0.705. The van der Waals surface area contributed by atoms with Gasteiger partial charge in [-0.05, 0) is 37.6 Å². The molecule has 5 nitrogen and oxygen atoms in total. The van der Waals surface area contributed by atoms with Crippen molar-refractivity contribution in [2.24, 2.45) is 0 Å². The fourth-order valence-corrected chi connectivity index (χ4v) is 2.87. The number of hydrogen-bond acceptors (Lipinski definition) is 2. The van der Waals surface area contributed by atoms with E-state index < -0.39 is 0 Å². The van der Waals surface area contributed by atoms with E-state index in [1.54, 1.807) is 19.2 Å². The molecule has 1 atom stereocenters. The fraction of sp³-hybridized carbons (Fsp3) is 0.263. The molecule has 0 saturated heterocycles. The predicted molar refractivity (Wildman–Crippen MR) is 106 cm³/mol. The molecule has 138 valence electrons. The van der Waals surface area contributed by atoms with E-state index in [2.05, 4.69) is 10.6 Å². The van der Waals surface area contributed by atoms with Crippen LogP contribution in [0, 0.1) is 13.8 Å². The SMILES string of the molecule is Cc1ccc(NC(=O)C[NH+](C)CC(=O)Nc2c(Cl)ccc(C)c2Cl)cc1. The first-order chi connectivity index (χ1) is 12.3. The number of nitrogens with one attached hydrogen (secondary N) is 3. The van der Waals surface area contributed by atoms with E-state index in [4.69, 9.17) is 23.2 Å². The van der Waals surface area contributed by atoms with Gasteiger partial charge in [0.15, 0.2) is 13.1 Å². The van der Waals surface area contributed by atoms with E-state index in [-0.39, 0.29) is 24.9 Å². The van der Waals surface area contributed by atoms with Gasteiger partial charge in [0.05, 0.1) is 22.8 Å². The molecule has 2 aromatic rings. The lowest BCUT2D eigenvalue weighted by Crippen LogP contribution is -3.11. The van der Waals surface area contributed by atoms with Crippen LogP contribution in [-0.4, -0.2) is 32.0 Å². The summed E-state index contributed by atoms with van der Waals surface area (Å²) in [6, 6.07) is 11.0. The predicted octanol–water partition coefficient (Wildman–Crippen LogP) is 2.70. The number of amides is 2. The zero-order valence-corrected chi connectivity index (χ0v) is 16.5. The van der Waals surface area contributed by atoms with E-state index in [0.717, 1.165) is 21.7 Å². The van der Waals surface area contributed by atoms with Crippen molar-refractivity contribution in [1.82, 2.24) is 0 Å². The normalized spacial score (nSPS) is 11.7. The van der Waals surface area contributed by atoms with Crippen LogP contribution in [0.1, 0.15) is 11.1 Å². The first-order valence-electron chi connectivity index (χ1n) is 8.18. The van der Waals surface area contributed by atoms with Crippen LogP contribution in [0.3, 0.4) is 0 Å². The van der Waals surface area contributed by atoms with Gasteiger partial charge < -0.3 is 15.5 Å². The van der Waals surface area contributed by atoms with Gasteiger partial charge in [0.25, 0.3) is 11.8 Å². The first-order valence-corrected chi connectivity index (χ1v) is 8.94. The molecule has 0 bridgehead atoms. The average Bonchev–Trinajstić information content (AvgIpc) is 2.57. The van der Waals surface area contributed by atoms with Crippen LogP contribution in [-0.2, 0) is 9.59 Å². The van der Waals surface area contributed by atoms with Crippen molar-refractivity contribution >= 4 is 46.4 Å². The Kier molecular flexibility index (Phi) is 7.03. The zero-order valence-electron chi connectivity index (χ0n) is 15.0. The summed E-state index contributed by atoms with van der Waals surface area (Å²) in [6.07, 6.45) is 0. The summed E-state index contributed by atoms with van der Waals surface area (Å²) in [5.41, 5.74) is 3.08. The molecule has 0 saturated carbocycles. The maximum atomic E-state index is 12.2. The smallest absolute Gasteiger partial charge is 0.279 e. The number of likely N-dealkylation sites (N-methyl/N-ethyl adjacent to an activating group) is 1. The molecular weight excluding hydrogens is 373 g/mol. The van der Waals surface area contributed by atoms with E-state index in [1.807, 2.05) is 38.1 Å². The lowest BCUT2D eigenvalue weighted by atomic mass is 10.2. The second-order valence-corrected chi connectivity index (χ2v) is 7.11. The molecule has 0 aliphatic rings. The van der Waals surface area contributed by atoms with Crippen molar-refractivity contribution in [1.29, 1.82) is 0 Å². The minimum atomic E-state index is -0.264. The number of quaternary nitrogens is 1. The molecule has 2 aromatic carbocycles. The Morgan fingerprint density at radius 2 is 1.50 bits per heavy atom. The molecule has 0 aliphatic heterocycles. The number of anilines is 2. The molecule has 0 heterocycles. The number of carbonyl (C=O) groups is 2. The Hall–Kier alpha value is -2.08. The molecule has 2 rings (SSSR count). The van der Waals surface area contributed by atoms with Crippen LogP contribution in [0.4, 0.5) is 11.4 Å². The third-order valence-electron chi connectivity index (χ3n) is 3.81. The number of rotatable bonds is 6. The van der Waals surface area contributed by atoms with Gasteiger partial charge in [-0.15, -0.1) is 0 Å². The summed E-state index contributed by atoms with van der Waals surface area (Å²) in [5, 5.41) is 6.33. The van der Waals surface area contributed by atoms with E-state index in [1.165, 1.54) is 0 Å². The van der Waals surface area contributed by atoms with Gasteiger partial charge in [0.2, 0.25) is 0 Å². The molecule has 0 spiro atoms. The van der Waals surface area contributed by atoms with Gasteiger partial charge in [0.1, 0.15) is 0 Å². The third-order valence-corrected chi connectivity index (χ3v) is 4.61. The van der Waals surface area contributed by atoms with Crippen LogP contribution >= 0.6 is 23.2 Å². The summed E-state index contributed by atoms with van der Waals surface area (Å²) >= 11 is 12.3. The van der Waals surface area contributed by atoms with Crippen LogP contribution in [0.5, 0.6) is 0 Å². The summed E-state index contributed by atoms with van der Waals surface area (Å²) in [4.78, 5) is 25.1. The van der Waals surface area contributed by atoms with Gasteiger partial charge in [-0.1, -0.05) is 47.0 Å². The number of carbonyl (C=O) groups excluding carboxylic acids is 2. The van der Waals surface area contributed by atoms with Crippen molar-refractivity contribution in [3.8, 4) is 0 Å². The minimum Gasteiger partial charge on any atom is -0.322 e. The lowest BCUT2D eigenvalue weighted by molar-refractivity contribution is -0.862. The van der Waals surface area contributed by atoms with Crippen LogP contribution < -0.4 is 15.5 Å². The molecule has 7 heteroatoms. The van der Waals surface area contributed by atoms with Crippen molar-refractivity contribution < 1.29 is 14.5 Å². The Balaban J connectivity index is 1.88. The highest BCUT2D eigenvalue weighted by molar-refractivity contribution is 6.40. The van der Waals surface area contributed by atoms with Gasteiger partial charge in [-0.3, -0.25) is 9.59 Å². The Bertz CT molecular complexity index is 807. The first kappa shape index (κ1) is 20.2. The number of hydrogen-bond donors (Lipinski definition) is 3. The number of aryl methyl sites for hydroxylation is 2. The summed E-state index contributed by atoms with van der Waals surface area (Å²) in [6.45, 7) is 4.09. The molecule has 0 fully saturated rings. The van der Waals surface area contributed by atoms with Gasteiger partial charge in [-0.2, -0.15) is 0 Å². The topological polar surface area (TPSA) is 62.6 Å². The van der Waals surface area contributed by atoms with Gasteiger partial charge in [0, 0.05) is 5.69 Å². The van der Waals surface area contributed by atoms with Gasteiger partial charge >= 0.3 is 0 Å². The molecule has 0 aromatic heterocycles. The highest BCUT2D eigenvalue weighted by atomic mass is 35.5. The molecule has 2 amide bonds. The number of benzene rings is 2. The lowest BCUT2D eigenvalue weighted by Gasteiger charge is -2.15. The third kappa shape index (κ3) is 5.73. The number of halogens is 2. The highest BCUT2D eigenvalue weighted by Crippen LogP contribution is 2.32. The summed E-state index contributed by atoms with van der Waals surface area (Å²) < 4.78 is 0. The molecule has 3 N–H and O–H groups in total. The van der Waals surface area contributed by atoms with Gasteiger partial charge in [-0.25, -0.2) is 0 Å². The van der Waals surface area contributed by atoms with Crippen molar-refractivity contribution in [3.05, 3.63) is 57.6 Å². The zero-order chi connectivity index (χ0) is 19.3. The van der Waals surface area contributed by atoms with Crippen molar-refractivity contribution in [2.75, 3.05) is 30.8 Å². The van der Waals surface area contributed by atoms with Crippen molar-refractivity contribution in [3.63, 3.8) is 0 Å². The second-order valence-electron chi connectivity index (χ2n) is 6.33. The molecule has 0 radical (unpaired) electrons. The monoisotopic (exact) mass is 394 g/mol. The Morgan fingerprint density at radius 1 is 0.923 bits per heavy atom. The summed E-state index contributed by atoms with van der Waals surface area (Å²) in [7, 11) is 1.77. The standard InChI is InChI=1S/C19H21Cl2N3O2/c1-12-4-7-14(8-5-12)22-16(25)10-24(3)11-17(26)23-19-15(20)9-6-13(2)18(19)21/h4-9H,10-11H2,1-3H3,(H,22,25)(H,23,26)/p+1. The Morgan fingerprint density at radius 3 is 2.12 bits per heavy atom. The molecule has 0 aliphatic carbocycles. The van der Waals surface area contributed by atoms with Crippen molar-refractivity contribution in [2.45, 2.75) is 13.8 Å². The van der Waals surface area contributed by atoms with Crippen LogP contribution in [0.2, 0.25) is 10.0 Å². The van der Waals surface area contributed by atoms with E-state index in [0.29, 0.717) is 15.7 Å². The molecular formula is C19H22Cl2N3O2+. The fourth-order valence-electron chi connectivity index (χ4n) is 2.41. The highest BCUT2D eigenvalue weighted by Gasteiger charge is 2.17. The maximum absolute atomic E-state index is 12.2. The second kappa shape index (κ2) is 9.03. The molecule has 26 heavy (non-hydrogen) atoms. The molecule has 1 unspecified atom stereocenters. The average molecular weight is 395 g/mol. The van der Waals surface area contributed by atoms with E-state index >= 15 is 0 Å². The van der Waals surface area contributed by atoms with Crippen LogP contribution in [0.15, 0.2) is 36.4 Å². The Labute approximate surface area is 163 Å². The van der Waals surface area contributed by atoms with E-state index in [9.17, 15) is 9.59 Å². The minimum absolute atomic E-state index is 0.113. The van der Waals surface area contributed by atoms with Crippen LogP contribution in [0.25, 0.3) is 0 Å². The largest absolute Gasteiger partial charge is 0.322 e. The summed E-state index contributed by atoms with van der Waals surface area (Å²) in [5.74, 6) is -0.425. The maximum Gasteiger partial charge on any atom is 0.279 e.